The SMILES string of the molecule is O.O=C1c2ccc(Cl)cc2CCc2cccnc21.O=C1c2ccc(Cl)cc2CCc2cccnc21. The van der Waals surface area contributed by atoms with Crippen molar-refractivity contribution in [3.05, 3.63) is 128 Å². The van der Waals surface area contributed by atoms with E-state index >= 15 is 0 Å². The van der Waals surface area contributed by atoms with Crippen LogP contribution in [0.3, 0.4) is 0 Å². The van der Waals surface area contributed by atoms with Crippen molar-refractivity contribution in [3.63, 3.8) is 0 Å². The number of hydrogen-bond acceptors (Lipinski definition) is 4. The van der Waals surface area contributed by atoms with Gasteiger partial charge in [-0.05, 0) is 96.5 Å². The summed E-state index contributed by atoms with van der Waals surface area (Å²) < 4.78 is 0. The lowest BCUT2D eigenvalue weighted by Gasteiger charge is -2.04. The third-order valence-corrected chi connectivity index (χ3v) is 6.63. The third kappa shape index (κ3) is 5.03. The molecule has 2 aromatic carbocycles. The van der Waals surface area contributed by atoms with Gasteiger partial charge in [0.2, 0.25) is 11.6 Å². The summed E-state index contributed by atoms with van der Waals surface area (Å²) in [6.45, 7) is 0. The van der Waals surface area contributed by atoms with E-state index in [1.807, 2.05) is 36.4 Å². The molecule has 6 rings (SSSR count). The predicted octanol–water partition coefficient (Wildman–Crippen LogP) is 5.30. The summed E-state index contributed by atoms with van der Waals surface area (Å²) in [5.41, 5.74) is 6.68. The molecule has 2 aliphatic carbocycles. The molecule has 2 aromatic heterocycles. The second kappa shape index (κ2) is 10.5. The van der Waals surface area contributed by atoms with Crippen LogP contribution in [0.25, 0.3) is 0 Å². The van der Waals surface area contributed by atoms with E-state index < -0.39 is 0 Å². The number of benzene rings is 2. The predicted molar refractivity (Wildman–Crippen MR) is 137 cm³/mol. The molecule has 4 aromatic rings. The lowest BCUT2D eigenvalue weighted by molar-refractivity contribution is 0.102. The van der Waals surface area contributed by atoms with E-state index in [9.17, 15) is 9.59 Å². The normalized spacial score (nSPS) is 13.4. The quantitative estimate of drug-likeness (QED) is 0.324. The van der Waals surface area contributed by atoms with Crippen LogP contribution in [-0.2, 0) is 25.7 Å². The van der Waals surface area contributed by atoms with Crippen LogP contribution in [-0.4, -0.2) is 27.0 Å². The number of ketones is 2. The Balaban J connectivity index is 0.000000160. The number of fused-ring (bicyclic) bond motifs is 4. The highest BCUT2D eigenvalue weighted by Gasteiger charge is 2.23. The topological polar surface area (TPSA) is 91.4 Å². The molecule has 2 aliphatic rings. The number of nitrogens with zero attached hydrogens (tertiary/aromatic N) is 2. The molecule has 176 valence electrons. The second-order valence-corrected chi connectivity index (χ2v) is 9.16. The molecule has 0 amide bonds. The van der Waals surface area contributed by atoms with Gasteiger partial charge >= 0.3 is 0 Å². The smallest absolute Gasteiger partial charge is 0.211 e. The molecule has 0 spiro atoms. The van der Waals surface area contributed by atoms with Crippen LogP contribution in [0.1, 0.15) is 54.4 Å². The molecule has 5 nitrogen and oxygen atoms in total. The van der Waals surface area contributed by atoms with Crippen LogP contribution in [0.5, 0.6) is 0 Å². The van der Waals surface area contributed by atoms with Gasteiger partial charge in [0.1, 0.15) is 11.4 Å². The zero-order valence-electron chi connectivity index (χ0n) is 18.7. The van der Waals surface area contributed by atoms with Crippen LogP contribution >= 0.6 is 23.2 Å². The largest absolute Gasteiger partial charge is 0.412 e. The van der Waals surface area contributed by atoms with Gasteiger partial charge in [-0.2, -0.15) is 0 Å². The van der Waals surface area contributed by atoms with E-state index in [1.54, 1.807) is 36.7 Å². The minimum absolute atomic E-state index is 0. The van der Waals surface area contributed by atoms with Gasteiger partial charge in [-0.15, -0.1) is 0 Å². The minimum atomic E-state index is 0. The number of hydrogen-bond donors (Lipinski definition) is 0. The molecule has 7 heteroatoms. The molecule has 0 fully saturated rings. The first-order chi connectivity index (χ1) is 16.5. The van der Waals surface area contributed by atoms with E-state index in [-0.39, 0.29) is 17.0 Å². The molecule has 0 bridgehead atoms. The Morgan fingerprint density at radius 2 is 0.971 bits per heavy atom. The maximum Gasteiger partial charge on any atom is 0.211 e. The van der Waals surface area contributed by atoms with Crippen LogP contribution in [0.15, 0.2) is 73.1 Å². The molecule has 35 heavy (non-hydrogen) atoms. The highest BCUT2D eigenvalue weighted by Crippen LogP contribution is 2.26. The number of aryl methyl sites for hydroxylation is 4. The van der Waals surface area contributed by atoms with Crippen molar-refractivity contribution in [3.8, 4) is 0 Å². The number of aromatic nitrogens is 2. The van der Waals surface area contributed by atoms with Gasteiger partial charge in [0.15, 0.2) is 0 Å². The Morgan fingerprint density at radius 3 is 1.40 bits per heavy atom. The third-order valence-electron chi connectivity index (χ3n) is 6.16. The summed E-state index contributed by atoms with van der Waals surface area (Å²) >= 11 is 11.9. The maximum absolute atomic E-state index is 12.3. The van der Waals surface area contributed by atoms with Gasteiger partial charge < -0.3 is 5.48 Å². The average Bonchev–Trinajstić information content (AvgIpc) is 3.08. The van der Waals surface area contributed by atoms with E-state index in [2.05, 4.69) is 9.97 Å². The summed E-state index contributed by atoms with van der Waals surface area (Å²) in [5, 5.41) is 1.35. The van der Waals surface area contributed by atoms with E-state index in [0.717, 1.165) is 59.1 Å². The first-order valence-corrected chi connectivity index (χ1v) is 11.8. The van der Waals surface area contributed by atoms with Crippen LogP contribution in [0.2, 0.25) is 10.0 Å². The Hall–Kier alpha value is -3.38. The summed E-state index contributed by atoms with van der Waals surface area (Å²) in [6.07, 6.45) is 6.67. The van der Waals surface area contributed by atoms with Crippen molar-refractivity contribution in [1.82, 2.24) is 9.97 Å². The maximum atomic E-state index is 12.3. The Bertz CT molecular complexity index is 1330. The van der Waals surface area contributed by atoms with E-state index in [0.29, 0.717) is 21.4 Å². The van der Waals surface area contributed by atoms with Crippen molar-refractivity contribution in [2.24, 2.45) is 0 Å². The number of carbonyl (C=O) groups is 2. The molecular weight excluding hydrogens is 483 g/mol. The zero-order chi connectivity index (χ0) is 23.7. The average molecular weight is 505 g/mol. The minimum Gasteiger partial charge on any atom is -0.412 e. The number of halogens is 2. The van der Waals surface area contributed by atoms with E-state index in [4.69, 9.17) is 23.2 Å². The van der Waals surface area contributed by atoms with Crippen molar-refractivity contribution >= 4 is 34.8 Å². The molecule has 2 N–H and O–H groups in total. The standard InChI is InChI=1S/2C14H10ClNO.H2O/c2*15-11-5-6-12-10(8-11)4-3-9-2-1-7-16-13(9)14(12)17;/h2*1-2,5-8H,3-4H2;1H2. The molecule has 0 aliphatic heterocycles. The van der Waals surface area contributed by atoms with Crippen molar-refractivity contribution < 1.29 is 15.1 Å². The van der Waals surface area contributed by atoms with Gasteiger partial charge in [0, 0.05) is 33.6 Å². The number of pyridine rings is 2. The fourth-order valence-electron chi connectivity index (χ4n) is 4.46. The van der Waals surface area contributed by atoms with E-state index in [1.165, 1.54) is 0 Å². The van der Waals surface area contributed by atoms with Gasteiger partial charge in [-0.25, -0.2) is 0 Å². The summed E-state index contributed by atoms with van der Waals surface area (Å²) in [6, 6.07) is 18.5. The first kappa shape index (κ1) is 24.7. The molecule has 0 radical (unpaired) electrons. The van der Waals surface area contributed by atoms with Gasteiger partial charge in [-0.3, -0.25) is 19.6 Å². The Morgan fingerprint density at radius 1 is 0.571 bits per heavy atom. The van der Waals surface area contributed by atoms with Crippen molar-refractivity contribution in [1.29, 1.82) is 0 Å². The summed E-state index contributed by atoms with van der Waals surface area (Å²) in [7, 11) is 0. The molecule has 0 unspecified atom stereocenters. The molecule has 0 saturated carbocycles. The summed E-state index contributed by atoms with van der Waals surface area (Å²) in [4.78, 5) is 33.1. The Kier molecular flexibility index (Phi) is 7.41. The fraction of sp³-hybridized carbons (Fsp3) is 0.143. The highest BCUT2D eigenvalue weighted by atomic mass is 35.5. The first-order valence-electron chi connectivity index (χ1n) is 11.1. The molecular formula is C28H22Cl2N2O3. The van der Waals surface area contributed by atoms with Crippen molar-refractivity contribution in [2.75, 3.05) is 0 Å². The Labute approximate surface area is 213 Å². The lowest BCUT2D eigenvalue weighted by Crippen LogP contribution is -2.06. The van der Waals surface area contributed by atoms with Crippen LogP contribution in [0.4, 0.5) is 0 Å². The second-order valence-electron chi connectivity index (χ2n) is 8.28. The van der Waals surface area contributed by atoms with Gasteiger partial charge in [0.25, 0.3) is 0 Å². The number of carbonyl (C=O) groups excluding carboxylic acids is 2. The van der Waals surface area contributed by atoms with Crippen LogP contribution in [0, 0.1) is 0 Å². The lowest BCUT2D eigenvalue weighted by atomic mass is 10.0. The molecule has 2 heterocycles. The van der Waals surface area contributed by atoms with Gasteiger partial charge in [0.05, 0.1) is 0 Å². The monoisotopic (exact) mass is 504 g/mol. The molecule has 0 atom stereocenters. The van der Waals surface area contributed by atoms with Gasteiger partial charge in [-0.1, -0.05) is 35.3 Å². The zero-order valence-corrected chi connectivity index (χ0v) is 20.2. The van der Waals surface area contributed by atoms with Crippen LogP contribution < -0.4 is 0 Å². The van der Waals surface area contributed by atoms with Crippen molar-refractivity contribution in [2.45, 2.75) is 25.7 Å². The summed E-state index contributed by atoms with van der Waals surface area (Å²) in [5.74, 6) is 0.00883. The fourth-order valence-corrected chi connectivity index (χ4v) is 4.85. The highest BCUT2D eigenvalue weighted by molar-refractivity contribution is 6.31. The number of rotatable bonds is 0. The molecule has 0 saturated heterocycles.